The Bertz CT molecular complexity index is 474. The summed E-state index contributed by atoms with van der Waals surface area (Å²) in [5.41, 5.74) is 1.70. The molecule has 0 saturated heterocycles. The van der Waals surface area contributed by atoms with Crippen molar-refractivity contribution in [3.8, 4) is 0 Å². The Hall–Kier alpha value is -1.91. The minimum Gasteiger partial charge on any atom is -0.481 e. The maximum absolute atomic E-state index is 13.0. The van der Waals surface area contributed by atoms with Gasteiger partial charge in [0, 0.05) is 19.4 Å². The van der Waals surface area contributed by atoms with Gasteiger partial charge in [-0.2, -0.15) is 0 Å². The van der Waals surface area contributed by atoms with Crippen molar-refractivity contribution in [1.29, 1.82) is 0 Å². The van der Waals surface area contributed by atoms with Crippen LogP contribution in [0.15, 0.2) is 18.2 Å². The number of hydrogen-bond donors (Lipinski definition) is 2. The lowest BCUT2D eigenvalue weighted by atomic mass is 9.98. The van der Waals surface area contributed by atoms with Crippen LogP contribution in [0.25, 0.3) is 0 Å². The number of aryl methyl sites for hydroxylation is 1. The predicted molar refractivity (Wildman–Crippen MR) is 69.3 cm³/mol. The number of rotatable bonds is 6. The molecule has 0 heterocycles. The van der Waals surface area contributed by atoms with Gasteiger partial charge in [0.15, 0.2) is 0 Å². The Labute approximate surface area is 111 Å². The number of benzene rings is 1. The summed E-state index contributed by atoms with van der Waals surface area (Å²) in [6.07, 6.45) is 0.843. The monoisotopic (exact) mass is 267 g/mol. The molecule has 0 spiro atoms. The van der Waals surface area contributed by atoms with Gasteiger partial charge in [0.05, 0.1) is 0 Å². The molecule has 1 aromatic rings. The Morgan fingerprint density at radius 1 is 1.42 bits per heavy atom. The van der Waals surface area contributed by atoms with Crippen molar-refractivity contribution in [2.24, 2.45) is 0 Å². The average molecular weight is 267 g/mol. The largest absolute Gasteiger partial charge is 0.481 e. The number of halogens is 1. The van der Waals surface area contributed by atoms with Crippen LogP contribution in [0.4, 0.5) is 4.39 Å². The highest BCUT2D eigenvalue weighted by atomic mass is 19.1. The van der Waals surface area contributed by atoms with Crippen LogP contribution in [0.3, 0.4) is 0 Å². The molecule has 2 N–H and O–H groups in total. The molecule has 0 fully saturated rings. The molecule has 19 heavy (non-hydrogen) atoms. The second kappa shape index (κ2) is 6.87. The van der Waals surface area contributed by atoms with E-state index in [2.05, 4.69) is 5.32 Å². The summed E-state index contributed by atoms with van der Waals surface area (Å²) in [5.74, 6) is -1.40. The van der Waals surface area contributed by atoms with E-state index in [0.29, 0.717) is 12.8 Å². The molecule has 0 aliphatic rings. The van der Waals surface area contributed by atoms with Gasteiger partial charge < -0.3 is 10.4 Å². The van der Waals surface area contributed by atoms with Gasteiger partial charge in [-0.1, -0.05) is 6.07 Å². The van der Waals surface area contributed by atoms with Gasteiger partial charge in [-0.25, -0.2) is 4.39 Å². The van der Waals surface area contributed by atoms with Gasteiger partial charge in [0.2, 0.25) is 5.91 Å². The van der Waals surface area contributed by atoms with E-state index in [1.807, 2.05) is 0 Å². The first-order valence-corrected chi connectivity index (χ1v) is 6.12. The van der Waals surface area contributed by atoms with Crippen molar-refractivity contribution in [1.82, 2.24) is 5.32 Å². The summed E-state index contributed by atoms with van der Waals surface area (Å²) in [4.78, 5) is 21.7. The van der Waals surface area contributed by atoms with Crippen molar-refractivity contribution < 1.29 is 19.1 Å². The Balaban J connectivity index is 2.74. The van der Waals surface area contributed by atoms with E-state index >= 15 is 0 Å². The first-order valence-electron chi connectivity index (χ1n) is 6.12. The van der Waals surface area contributed by atoms with Gasteiger partial charge in [0.1, 0.15) is 5.82 Å². The molecule has 4 nitrogen and oxygen atoms in total. The van der Waals surface area contributed by atoms with E-state index in [-0.39, 0.29) is 24.2 Å². The summed E-state index contributed by atoms with van der Waals surface area (Å²) in [6, 6.07) is 4.21. The molecule has 0 aliphatic carbocycles. The molecule has 1 amide bonds. The Kier molecular flexibility index (Phi) is 5.48. The lowest BCUT2D eigenvalue weighted by Crippen LogP contribution is -2.35. The second-order valence-electron chi connectivity index (χ2n) is 4.60. The van der Waals surface area contributed by atoms with Crippen LogP contribution in [0.1, 0.15) is 30.9 Å². The van der Waals surface area contributed by atoms with Crippen LogP contribution in [0.2, 0.25) is 0 Å². The number of amides is 1. The van der Waals surface area contributed by atoms with Crippen LogP contribution >= 0.6 is 0 Å². The van der Waals surface area contributed by atoms with Crippen LogP contribution < -0.4 is 5.32 Å². The van der Waals surface area contributed by atoms with E-state index in [1.54, 1.807) is 13.0 Å². The maximum Gasteiger partial charge on any atom is 0.303 e. The molecule has 104 valence electrons. The van der Waals surface area contributed by atoms with Crippen molar-refractivity contribution >= 4 is 11.9 Å². The molecule has 0 aliphatic heterocycles. The molecule has 1 unspecified atom stereocenters. The molecular formula is C14H18FNO3. The van der Waals surface area contributed by atoms with E-state index in [0.717, 1.165) is 11.1 Å². The number of carbonyl (C=O) groups is 2. The van der Waals surface area contributed by atoms with E-state index in [1.165, 1.54) is 19.1 Å². The van der Waals surface area contributed by atoms with Gasteiger partial charge in [-0.15, -0.1) is 0 Å². The molecule has 0 bridgehead atoms. The highest BCUT2D eigenvalue weighted by molar-refractivity contribution is 5.73. The third-order valence-electron chi connectivity index (χ3n) is 2.89. The number of nitrogens with one attached hydrogen (secondary N) is 1. The normalized spacial score (nSPS) is 11.9. The fraction of sp³-hybridized carbons (Fsp3) is 0.429. The highest BCUT2D eigenvalue weighted by Gasteiger charge is 2.14. The molecule has 5 heteroatoms. The summed E-state index contributed by atoms with van der Waals surface area (Å²) in [6.45, 7) is 3.19. The van der Waals surface area contributed by atoms with Crippen molar-refractivity contribution in [3.05, 3.63) is 35.1 Å². The smallest absolute Gasteiger partial charge is 0.303 e. The molecule has 1 atom stereocenters. The van der Waals surface area contributed by atoms with Gasteiger partial charge >= 0.3 is 5.97 Å². The topological polar surface area (TPSA) is 66.4 Å². The SMILES string of the molecule is CC(=O)NC(CCC(=O)O)Cc1ccc(F)cc1C. The van der Waals surface area contributed by atoms with Crippen LogP contribution in [0, 0.1) is 12.7 Å². The molecule has 0 aromatic heterocycles. The zero-order valence-corrected chi connectivity index (χ0v) is 11.1. The zero-order chi connectivity index (χ0) is 14.4. The van der Waals surface area contributed by atoms with Crippen LogP contribution in [0.5, 0.6) is 0 Å². The summed E-state index contributed by atoms with van der Waals surface area (Å²) in [5, 5.41) is 11.4. The zero-order valence-electron chi connectivity index (χ0n) is 11.1. The van der Waals surface area contributed by atoms with E-state index in [9.17, 15) is 14.0 Å². The van der Waals surface area contributed by atoms with Gasteiger partial charge in [-0.05, 0) is 43.0 Å². The molecular weight excluding hydrogens is 249 g/mol. The Morgan fingerprint density at radius 2 is 2.11 bits per heavy atom. The van der Waals surface area contributed by atoms with Crippen LogP contribution in [-0.2, 0) is 16.0 Å². The van der Waals surface area contributed by atoms with E-state index in [4.69, 9.17) is 5.11 Å². The minimum absolute atomic E-state index is 0.00874. The molecule has 1 aromatic carbocycles. The van der Waals surface area contributed by atoms with Crippen molar-refractivity contribution in [2.75, 3.05) is 0 Å². The molecule has 1 rings (SSSR count). The number of carboxylic acids is 1. The predicted octanol–water partition coefficient (Wildman–Crippen LogP) is 2.05. The second-order valence-corrected chi connectivity index (χ2v) is 4.60. The average Bonchev–Trinajstić information content (AvgIpc) is 2.28. The quantitative estimate of drug-likeness (QED) is 0.829. The van der Waals surface area contributed by atoms with Crippen molar-refractivity contribution in [3.63, 3.8) is 0 Å². The summed E-state index contributed by atoms with van der Waals surface area (Å²) >= 11 is 0. The van der Waals surface area contributed by atoms with Crippen molar-refractivity contribution in [2.45, 2.75) is 39.2 Å². The summed E-state index contributed by atoms with van der Waals surface area (Å²) in [7, 11) is 0. The molecule has 0 radical (unpaired) electrons. The number of hydrogen-bond acceptors (Lipinski definition) is 2. The first-order chi connectivity index (χ1) is 8.88. The van der Waals surface area contributed by atoms with Crippen LogP contribution in [-0.4, -0.2) is 23.0 Å². The Morgan fingerprint density at radius 3 is 2.63 bits per heavy atom. The van der Waals surface area contributed by atoms with Gasteiger partial charge in [0.25, 0.3) is 0 Å². The number of carboxylic acid groups (broad SMARTS) is 1. The third kappa shape index (κ3) is 5.50. The highest BCUT2D eigenvalue weighted by Crippen LogP contribution is 2.14. The van der Waals surface area contributed by atoms with Gasteiger partial charge in [-0.3, -0.25) is 9.59 Å². The lowest BCUT2D eigenvalue weighted by molar-refractivity contribution is -0.137. The fourth-order valence-corrected chi connectivity index (χ4v) is 1.96. The standard InChI is InChI=1S/C14H18FNO3/c1-9-7-12(15)4-3-11(9)8-13(16-10(2)17)5-6-14(18)19/h3-4,7,13H,5-6,8H2,1-2H3,(H,16,17)(H,18,19). The number of carbonyl (C=O) groups excluding carboxylic acids is 1. The van der Waals surface area contributed by atoms with E-state index < -0.39 is 5.97 Å². The number of aliphatic carboxylic acids is 1. The molecule has 0 saturated carbocycles. The third-order valence-corrected chi connectivity index (χ3v) is 2.89. The fourth-order valence-electron chi connectivity index (χ4n) is 1.96. The first kappa shape index (κ1) is 15.1. The maximum atomic E-state index is 13.0. The minimum atomic E-state index is -0.897. The lowest BCUT2D eigenvalue weighted by Gasteiger charge is -2.18. The summed E-state index contributed by atoms with van der Waals surface area (Å²) < 4.78 is 13.0.